The number of nitriles is 1. The molecule has 5 heterocycles. The van der Waals surface area contributed by atoms with Gasteiger partial charge < -0.3 is 41.0 Å². The highest BCUT2D eigenvalue weighted by Gasteiger charge is 2.60. The first-order valence-corrected chi connectivity index (χ1v) is 29.9. The van der Waals surface area contributed by atoms with E-state index in [0.717, 1.165) is 10.8 Å². The number of hydrogen-bond donors (Lipinski definition) is 2. The van der Waals surface area contributed by atoms with Gasteiger partial charge in [-0.3, -0.25) is 18.4 Å². The molecule has 3 aromatic heterocycles. The van der Waals surface area contributed by atoms with Crippen LogP contribution in [0, 0.1) is 23.1 Å². The Morgan fingerprint density at radius 1 is 1.06 bits per heavy atom. The Kier molecular flexibility index (Phi) is 15.8. The average Bonchev–Trinajstić information content (AvgIpc) is 3.85. The Balaban J connectivity index is 1.50. The van der Waals surface area contributed by atoms with Crippen LogP contribution in [0.2, 0.25) is 22.2 Å². The molecule has 62 heavy (non-hydrogen) atoms. The summed E-state index contributed by atoms with van der Waals surface area (Å²) >= 11 is 10.6. The largest absolute Gasteiger partial charge is 0.474 e. The van der Waals surface area contributed by atoms with E-state index in [1.165, 1.54) is 24.3 Å². The molecule has 0 radical (unpaired) electrons. The molecule has 0 unspecified atom stereocenters. The first-order chi connectivity index (χ1) is 29.1. The SMILES string of the molecule is CC(C)[Si](O)(O[Si](O[C@H]1[C@H]2O[P@](=S)(OCCC#N)OC[C@H]3C[C@@H](Oc4ccncn4)C[C@@H]3O[P@](=O)(S)OC[C@H]1O[C@H]2n1cc(F)c2c(=O)n(C)cnc21)(C(C)C)C(C)C)C(C)C. The number of nitrogens with zero attached hydrogens (tertiary/aromatic N) is 6. The van der Waals surface area contributed by atoms with Crippen LogP contribution in [-0.2, 0) is 59.3 Å². The Labute approximate surface area is 373 Å². The maximum Gasteiger partial charge on any atom is 0.386 e. The quantitative estimate of drug-likeness (QED) is 0.0700. The molecular weight excluding hydrogens is 922 g/mol. The third-order valence-corrected chi connectivity index (χ3v) is 25.3. The molecule has 25 heteroatoms. The summed E-state index contributed by atoms with van der Waals surface area (Å²) in [7, 11) is -5.74. The van der Waals surface area contributed by atoms with Crippen LogP contribution in [0.1, 0.15) is 80.9 Å². The molecule has 3 aliphatic rings. The fraction of sp³-hybridized carbons (Fsp3) is 0.703. The number of aromatic nitrogens is 5. The van der Waals surface area contributed by atoms with Crippen LogP contribution in [0.15, 0.2) is 35.9 Å². The van der Waals surface area contributed by atoms with Crippen molar-refractivity contribution in [2.24, 2.45) is 13.0 Å². The Morgan fingerprint density at radius 3 is 2.40 bits per heavy atom. The summed E-state index contributed by atoms with van der Waals surface area (Å²) in [5.74, 6) is -1.04. The highest BCUT2D eigenvalue weighted by atomic mass is 32.7. The fourth-order valence-electron chi connectivity index (χ4n) is 8.23. The fourth-order valence-corrected chi connectivity index (χ4v) is 21.8. The van der Waals surface area contributed by atoms with Gasteiger partial charge in [-0.05, 0) is 40.4 Å². The third kappa shape index (κ3) is 10.5. The van der Waals surface area contributed by atoms with Crippen LogP contribution in [0.5, 0.6) is 5.88 Å². The summed E-state index contributed by atoms with van der Waals surface area (Å²) < 4.78 is 91.7. The molecular formula is C37H57FN6O12P2S2Si2. The molecule has 1 N–H and O–H groups in total. The van der Waals surface area contributed by atoms with Crippen molar-refractivity contribution in [2.75, 3.05) is 19.8 Å². The molecule has 2 saturated heterocycles. The zero-order chi connectivity index (χ0) is 45.4. The van der Waals surface area contributed by atoms with E-state index in [-0.39, 0.29) is 59.3 Å². The molecule has 3 fully saturated rings. The molecule has 2 bridgehead atoms. The Morgan fingerprint density at radius 2 is 1.77 bits per heavy atom. The van der Waals surface area contributed by atoms with Crippen molar-refractivity contribution >= 4 is 65.7 Å². The van der Waals surface area contributed by atoms with E-state index in [9.17, 15) is 19.4 Å². The Hall–Kier alpha value is -1.98. The van der Waals surface area contributed by atoms with Gasteiger partial charge in [-0.2, -0.15) is 5.26 Å². The third-order valence-electron chi connectivity index (χ3n) is 11.6. The van der Waals surface area contributed by atoms with Crippen molar-refractivity contribution in [3.63, 3.8) is 0 Å². The number of fused-ring (bicyclic) bond motifs is 4. The molecule has 0 spiro atoms. The zero-order valence-electron chi connectivity index (χ0n) is 36.2. The lowest BCUT2D eigenvalue weighted by Gasteiger charge is -2.47. The normalized spacial score (nSPS) is 30.1. The lowest BCUT2D eigenvalue weighted by molar-refractivity contribution is -0.0505. The van der Waals surface area contributed by atoms with E-state index in [2.05, 4.69) is 27.2 Å². The van der Waals surface area contributed by atoms with Gasteiger partial charge in [0.1, 0.15) is 36.1 Å². The molecule has 1 saturated carbocycles. The van der Waals surface area contributed by atoms with Crippen molar-refractivity contribution < 1.29 is 54.4 Å². The summed E-state index contributed by atoms with van der Waals surface area (Å²) in [4.78, 5) is 38.1. The summed E-state index contributed by atoms with van der Waals surface area (Å²) in [6.07, 6.45) is -0.522. The van der Waals surface area contributed by atoms with Gasteiger partial charge in [-0.15, -0.1) is 0 Å². The second kappa shape index (κ2) is 19.9. The van der Waals surface area contributed by atoms with Gasteiger partial charge in [0.25, 0.3) is 5.56 Å². The highest BCUT2D eigenvalue weighted by Crippen LogP contribution is 2.60. The van der Waals surface area contributed by atoms with Gasteiger partial charge in [0.2, 0.25) is 5.88 Å². The molecule has 9 atom stereocenters. The number of aryl methyl sites for hydroxylation is 1. The number of rotatable bonds is 14. The van der Waals surface area contributed by atoms with E-state index in [0.29, 0.717) is 12.3 Å². The van der Waals surface area contributed by atoms with Crippen molar-refractivity contribution in [3.05, 3.63) is 47.3 Å². The van der Waals surface area contributed by atoms with Crippen LogP contribution in [0.25, 0.3) is 11.0 Å². The lowest BCUT2D eigenvalue weighted by atomic mass is 10.1. The van der Waals surface area contributed by atoms with Crippen LogP contribution >= 0.6 is 25.8 Å². The number of hydrogen-bond acceptors (Lipinski definition) is 17. The standard InChI is InChI=1S/C37H57FN6O12P2S2Si2/c1-22(2)61(47,23(3)4)56-62(24(5)6,25(7)8)55-33-30-19-49-57(46,59)53-29-16-27(51-31-11-13-40-20-41-31)15-26(29)18-50-58(60,48-14-10-12-39)54-34(33)37(52-30)44-17-28(38)32-35(44)42-21-43(9)36(32)45/h11,13,17,20-27,29-30,33-34,37,47H,10,14-16,18-19H2,1-9H3,(H,46,59)/t26-,27-,29+,30-,33-,34-,37-,57-,58+/m1/s1. The van der Waals surface area contributed by atoms with E-state index in [1.54, 1.807) is 12.3 Å². The number of halogens is 1. The topological polar surface area (TPSA) is 210 Å². The molecule has 0 amide bonds. The van der Waals surface area contributed by atoms with Gasteiger partial charge in [0.05, 0.1) is 44.7 Å². The molecule has 2 aliphatic heterocycles. The minimum absolute atomic E-state index is 0.0578. The average molecular weight is 979 g/mol. The van der Waals surface area contributed by atoms with Crippen molar-refractivity contribution in [1.82, 2.24) is 24.1 Å². The van der Waals surface area contributed by atoms with Crippen molar-refractivity contribution in [1.29, 1.82) is 5.26 Å². The van der Waals surface area contributed by atoms with E-state index in [4.69, 9.17) is 52.4 Å². The number of ether oxygens (including phenoxy) is 2. The van der Waals surface area contributed by atoms with Gasteiger partial charge in [-0.25, -0.2) is 23.9 Å². The zero-order valence-corrected chi connectivity index (χ0v) is 41.7. The summed E-state index contributed by atoms with van der Waals surface area (Å²) in [5.41, 5.74) is -1.73. The monoisotopic (exact) mass is 978 g/mol. The predicted molar refractivity (Wildman–Crippen MR) is 237 cm³/mol. The van der Waals surface area contributed by atoms with Crippen LogP contribution < -0.4 is 10.3 Å². The molecule has 18 nitrogen and oxygen atoms in total. The van der Waals surface area contributed by atoms with E-state index < -0.39 is 91.3 Å². The second-order valence-corrected chi connectivity index (χ2v) is 31.5. The van der Waals surface area contributed by atoms with E-state index in [1.807, 2.05) is 61.5 Å². The smallest absolute Gasteiger partial charge is 0.386 e. The first kappa shape index (κ1) is 49.5. The van der Waals surface area contributed by atoms with Crippen molar-refractivity contribution in [2.45, 2.75) is 134 Å². The summed E-state index contributed by atoms with van der Waals surface area (Å²) in [5, 5.41) is 9.21. The number of thiol groups is 1. The molecule has 0 aromatic carbocycles. The highest BCUT2D eigenvalue weighted by molar-refractivity contribution is 8.44. The lowest BCUT2D eigenvalue weighted by Crippen LogP contribution is -2.62. The van der Waals surface area contributed by atoms with Crippen molar-refractivity contribution in [3.8, 4) is 11.9 Å². The van der Waals surface area contributed by atoms with Crippen LogP contribution in [-0.4, -0.2) is 96.3 Å². The molecule has 344 valence electrons. The molecule has 1 aliphatic carbocycles. The summed E-state index contributed by atoms with van der Waals surface area (Å²) in [6, 6.07) is 3.66. The Bertz CT molecular complexity index is 2220. The van der Waals surface area contributed by atoms with Gasteiger partial charge in [0.15, 0.2) is 17.7 Å². The molecule has 3 aromatic rings. The maximum atomic E-state index is 15.9. The van der Waals surface area contributed by atoms with Gasteiger partial charge >= 0.3 is 30.6 Å². The first-order valence-electron chi connectivity index (χ1n) is 20.6. The van der Waals surface area contributed by atoms with Gasteiger partial charge in [-0.1, -0.05) is 67.6 Å². The summed E-state index contributed by atoms with van der Waals surface area (Å²) in [6.45, 7) is 6.60. The molecule has 6 rings (SSSR count). The van der Waals surface area contributed by atoms with Gasteiger partial charge in [0, 0.05) is 37.8 Å². The van der Waals surface area contributed by atoms with Crippen LogP contribution in [0.4, 0.5) is 4.39 Å². The van der Waals surface area contributed by atoms with Crippen LogP contribution in [0.3, 0.4) is 0 Å². The minimum Gasteiger partial charge on any atom is -0.474 e. The predicted octanol–water partition coefficient (Wildman–Crippen LogP) is 7.35. The van der Waals surface area contributed by atoms with E-state index >= 15 is 4.39 Å². The second-order valence-electron chi connectivity index (χ2n) is 17.1. The maximum absolute atomic E-state index is 15.9. The minimum atomic E-state index is -4.21.